The molecule has 0 bridgehead atoms. The third-order valence-electron chi connectivity index (χ3n) is 5.50. The zero-order chi connectivity index (χ0) is 14.8. The topological polar surface area (TPSA) is 15.3 Å². The molecule has 1 aliphatic rings. The minimum atomic E-state index is 0.134. The van der Waals surface area contributed by atoms with Crippen LogP contribution in [0.5, 0.6) is 0 Å². The van der Waals surface area contributed by atoms with Gasteiger partial charge in [-0.25, -0.2) is 0 Å². The first kappa shape index (κ1) is 15.5. The molecule has 2 unspecified atom stereocenters. The standard InChI is InChI=1S/C18H30N2/c1-6-18(2,20(4)5)17(19-3)16-13-8-7-12-15(16)14-10-9-11-14/h7-8,12-14,17,19H,6,9-11H2,1-5H3. The predicted molar refractivity (Wildman–Crippen MR) is 87.2 cm³/mol. The molecule has 2 heteroatoms. The summed E-state index contributed by atoms with van der Waals surface area (Å²) in [5.41, 5.74) is 3.20. The van der Waals surface area contributed by atoms with E-state index in [1.165, 1.54) is 24.8 Å². The minimum Gasteiger partial charge on any atom is -0.311 e. The van der Waals surface area contributed by atoms with Crippen LogP contribution in [0.25, 0.3) is 0 Å². The third kappa shape index (κ3) is 2.64. The van der Waals surface area contributed by atoms with Crippen molar-refractivity contribution in [2.75, 3.05) is 21.1 Å². The number of benzene rings is 1. The van der Waals surface area contributed by atoms with Gasteiger partial charge in [-0.2, -0.15) is 0 Å². The van der Waals surface area contributed by atoms with Crippen LogP contribution in [0.15, 0.2) is 24.3 Å². The Morgan fingerprint density at radius 2 is 1.95 bits per heavy atom. The van der Waals surface area contributed by atoms with Crippen LogP contribution in [-0.2, 0) is 0 Å². The average Bonchev–Trinajstić information content (AvgIpc) is 2.39. The van der Waals surface area contributed by atoms with Crippen molar-refractivity contribution in [3.63, 3.8) is 0 Å². The van der Waals surface area contributed by atoms with Gasteiger partial charge in [0, 0.05) is 5.54 Å². The molecule has 2 rings (SSSR count). The first-order valence-electron chi connectivity index (χ1n) is 7.98. The summed E-state index contributed by atoms with van der Waals surface area (Å²) < 4.78 is 0. The number of nitrogens with one attached hydrogen (secondary N) is 1. The van der Waals surface area contributed by atoms with Gasteiger partial charge in [0.1, 0.15) is 0 Å². The molecule has 1 aromatic rings. The summed E-state index contributed by atoms with van der Waals surface area (Å²) in [6.07, 6.45) is 5.24. The van der Waals surface area contributed by atoms with Crippen LogP contribution in [-0.4, -0.2) is 31.6 Å². The molecule has 1 N–H and O–H groups in total. The Bertz CT molecular complexity index is 437. The second kappa shape index (κ2) is 6.28. The molecule has 0 heterocycles. The highest BCUT2D eigenvalue weighted by Gasteiger charge is 2.37. The second-order valence-electron chi connectivity index (χ2n) is 6.58. The van der Waals surface area contributed by atoms with Gasteiger partial charge in [-0.15, -0.1) is 0 Å². The molecule has 1 aliphatic carbocycles. The lowest BCUT2D eigenvalue weighted by Gasteiger charge is -2.44. The van der Waals surface area contributed by atoms with Crippen LogP contribution in [0, 0.1) is 0 Å². The lowest BCUT2D eigenvalue weighted by Crippen LogP contribution is -2.50. The first-order chi connectivity index (χ1) is 9.54. The Morgan fingerprint density at radius 1 is 1.30 bits per heavy atom. The van der Waals surface area contributed by atoms with E-state index >= 15 is 0 Å². The van der Waals surface area contributed by atoms with E-state index in [2.05, 4.69) is 69.5 Å². The van der Waals surface area contributed by atoms with Gasteiger partial charge in [0.2, 0.25) is 0 Å². The Labute approximate surface area is 124 Å². The van der Waals surface area contributed by atoms with Crippen molar-refractivity contribution in [2.45, 2.75) is 57.0 Å². The quantitative estimate of drug-likeness (QED) is 0.845. The van der Waals surface area contributed by atoms with Crippen molar-refractivity contribution in [1.82, 2.24) is 10.2 Å². The smallest absolute Gasteiger partial charge is 0.0504 e. The summed E-state index contributed by atoms with van der Waals surface area (Å²) in [5.74, 6) is 0.783. The van der Waals surface area contributed by atoms with Crippen molar-refractivity contribution in [1.29, 1.82) is 0 Å². The number of rotatable bonds is 6. The molecule has 1 saturated carbocycles. The molecule has 1 fully saturated rings. The normalized spacial score (nSPS) is 20.5. The Morgan fingerprint density at radius 3 is 2.40 bits per heavy atom. The van der Waals surface area contributed by atoms with Gasteiger partial charge in [0.15, 0.2) is 0 Å². The van der Waals surface area contributed by atoms with Crippen molar-refractivity contribution in [3.8, 4) is 0 Å². The van der Waals surface area contributed by atoms with E-state index in [-0.39, 0.29) is 5.54 Å². The van der Waals surface area contributed by atoms with E-state index < -0.39 is 0 Å². The summed E-state index contributed by atoms with van der Waals surface area (Å²) in [4.78, 5) is 2.37. The molecule has 0 amide bonds. The van der Waals surface area contributed by atoms with E-state index in [1.54, 1.807) is 5.56 Å². The molecule has 0 spiro atoms. The lowest BCUT2D eigenvalue weighted by atomic mass is 9.74. The van der Waals surface area contributed by atoms with Crippen LogP contribution in [0.1, 0.15) is 62.6 Å². The van der Waals surface area contributed by atoms with Gasteiger partial charge in [-0.05, 0) is 64.4 Å². The maximum atomic E-state index is 3.59. The van der Waals surface area contributed by atoms with E-state index in [9.17, 15) is 0 Å². The fraction of sp³-hybridized carbons (Fsp3) is 0.667. The summed E-state index contributed by atoms with van der Waals surface area (Å²) in [6, 6.07) is 9.43. The molecule has 0 aliphatic heterocycles. The Kier molecular flexibility index (Phi) is 4.87. The molecule has 0 saturated heterocycles. The number of nitrogens with zero attached hydrogens (tertiary/aromatic N) is 1. The van der Waals surface area contributed by atoms with Crippen molar-refractivity contribution in [3.05, 3.63) is 35.4 Å². The molecule has 2 nitrogen and oxygen atoms in total. The number of hydrogen-bond donors (Lipinski definition) is 1. The zero-order valence-corrected chi connectivity index (χ0v) is 13.7. The highest BCUT2D eigenvalue weighted by atomic mass is 15.2. The van der Waals surface area contributed by atoms with Crippen LogP contribution >= 0.6 is 0 Å². The Hall–Kier alpha value is -0.860. The first-order valence-corrected chi connectivity index (χ1v) is 7.98. The zero-order valence-electron chi connectivity index (χ0n) is 13.7. The molecule has 112 valence electrons. The Balaban J connectivity index is 2.41. The second-order valence-corrected chi connectivity index (χ2v) is 6.58. The van der Waals surface area contributed by atoms with E-state index in [1.807, 2.05) is 0 Å². The van der Waals surface area contributed by atoms with Crippen molar-refractivity contribution in [2.24, 2.45) is 0 Å². The summed E-state index contributed by atoms with van der Waals surface area (Å²) in [6.45, 7) is 4.65. The van der Waals surface area contributed by atoms with Crippen LogP contribution in [0.2, 0.25) is 0 Å². The summed E-state index contributed by atoms with van der Waals surface area (Å²) >= 11 is 0. The molecule has 2 atom stereocenters. The highest BCUT2D eigenvalue weighted by molar-refractivity contribution is 5.36. The van der Waals surface area contributed by atoms with Crippen LogP contribution in [0.3, 0.4) is 0 Å². The molecule has 0 radical (unpaired) electrons. The number of hydrogen-bond acceptors (Lipinski definition) is 2. The summed E-state index contributed by atoms with van der Waals surface area (Å²) in [5, 5.41) is 3.59. The molecule has 1 aromatic carbocycles. The van der Waals surface area contributed by atoms with Gasteiger partial charge >= 0.3 is 0 Å². The van der Waals surface area contributed by atoms with Gasteiger partial charge in [-0.1, -0.05) is 37.6 Å². The van der Waals surface area contributed by atoms with E-state index in [0.29, 0.717) is 6.04 Å². The van der Waals surface area contributed by atoms with Crippen LogP contribution in [0.4, 0.5) is 0 Å². The minimum absolute atomic E-state index is 0.134. The molecular formula is C18H30N2. The fourth-order valence-corrected chi connectivity index (χ4v) is 3.44. The summed E-state index contributed by atoms with van der Waals surface area (Å²) in [7, 11) is 6.49. The highest BCUT2D eigenvalue weighted by Crippen LogP contribution is 2.42. The predicted octanol–water partition coefficient (Wildman–Crippen LogP) is 3.94. The van der Waals surface area contributed by atoms with Crippen LogP contribution < -0.4 is 5.32 Å². The molecule has 0 aromatic heterocycles. The van der Waals surface area contributed by atoms with E-state index in [4.69, 9.17) is 0 Å². The number of likely N-dealkylation sites (N-methyl/N-ethyl adjacent to an activating group) is 2. The molecule has 20 heavy (non-hydrogen) atoms. The third-order valence-corrected chi connectivity index (χ3v) is 5.50. The SMILES string of the molecule is CCC(C)(C(NC)c1ccccc1C1CCC1)N(C)C. The molecular weight excluding hydrogens is 244 g/mol. The van der Waals surface area contributed by atoms with Gasteiger partial charge in [0.05, 0.1) is 6.04 Å². The van der Waals surface area contributed by atoms with E-state index in [0.717, 1.165) is 12.3 Å². The van der Waals surface area contributed by atoms with Crippen molar-refractivity contribution < 1.29 is 0 Å². The average molecular weight is 274 g/mol. The monoisotopic (exact) mass is 274 g/mol. The lowest BCUT2D eigenvalue weighted by molar-refractivity contribution is 0.116. The largest absolute Gasteiger partial charge is 0.311 e. The fourth-order valence-electron chi connectivity index (χ4n) is 3.44. The van der Waals surface area contributed by atoms with Gasteiger partial charge in [-0.3, -0.25) is 0 Å². The van der Waals surface area contributed by atoms with Crippen molar-refractivity contribution >= 4 is 0 Å². The maximum Gasteiger partial charge on any atom is 0.0504 e. The van der Waals surface area contributed by atoms with Gasteiger partial charge < -0.3 is 10.2 Å². The maximum absolute atomic E-state index is 3.59. The van der Waals surface area contributed by atoms with Gasteiger partial charge in [0.25, 0.3) is 0 Å².